The number of esters is 1. The summed E-state index contributed by atoms with van der Waals surface area (Å²) in [5.41, 5.74) is 2.75. The molecule has 1 aromatic carbocycles. The van der Waals surface area contributed by atoms with Gasteiger partial charge in [0.1, 0.15) is 0 Å². The summed E-state index contributed by atoms with van der Waals surface area (Å²) >= 11 is 0. The second-order valence-corrected chi connectivity index (χ2v) is 9.39. The SMILES string of the molecule is COC(=O)c1ccc(CNS(=O)(=O)C(C)c2ccc(CN3CCNCC3)cc2)nc1. The maximum absolute atomic E-state index is 12.7. The number of methoxy groups -OCH3 is 1. The third-order valence-electron chi connectivity index (χ3n) is 5.23. The molecule has 1 fully saturated rings. The fourth-order valence-electron chi connectivity index (χ4n) is 3.27. The predicted octanol–water partition coefficient (Wildman–Crippen LogP) is 1.45. The van der Waals surface area contributed by atoms with E-state index < -0.39 is 21.2 Å². The van der Waals surface area contributed by atoms with Crippen molar-refractivity contribution in [3.63, 3.8) is 0 Å². The zero-order chi connectivity index (χ0) is 21.6. The first-order valence-electron chi connectivity index (χ1n) is 9.92. The lowest BCUT2D eigenvalue weighted by atomic mass is 10.1. The standard InChI is InChI=1S/C21H28N4O4S/c1-16(18-5-3-17(4-6-18)15-25-11-9-22-10-12-25)30(27,28)24-14-20-8-7-19(13-23-20)21(26)29-2/h3-8,13,16,22,24H,9-12,14-15H2,1-2H3. The summed E-state index contributed by atoms with van der Waals surface area (Å²) in [6, 6.07) is 10.9. The second kappa shape index (κ2) is 10.1. The highest BCUT2D eigenvalue weighted by Crippen LogP contribution is 2.22. The number of carbonyl (C=O) groups is 1. The van der Waals surface area contributed by atoms with E-state index >= 15 is 0 Å². The molecule has 0 spiro atoms. The Morgan fingerprint density at radius 3 is 2.50 bits per heavy atom. The lowest BCUT2D eigenvalue weighted by Crippen LogP contribution is -2.42. The van der Waals surface area contributed by atoms with Crippen LogP contribution in [0, 0.1) is 0 Å². The van der Waals surface area contributed by atoms with Crippen LogP contribution < -0.4 is 10.0 Å². The van der Waals surface area contributed by atoms with E-state index in [-0.39, 0.29) is 6.54 Å². The molecule has 0 radical (unpaired) electrons. The number of aromatic nitrogens is 1. The first kappa shape index (κ1) is 22.4. The molecule has 0 saturated carbocycles. The quantitative estimate of drug-likeness (QED) is 0.609. The van der Waals surface area contributed by atoms with Gasteiger partial charge in [0.15, 0.2) is 0 Å². The van der Waals surface area contributed by atoms with Crippen molar-refractivity contribution in [2.75, 3.05) is 33.3 Å². The number of benzene rings is 1. The van der Waals surface area contributed by atoms with E-state index in [1.54, 1.807) is 19.1 Å². The van der Waals surface area contributed by atoms with Crippen LogP contribution in [0.15, 0.2) is 42.6 Å². The van der Waals surface area contributed by atoms with E-state index in [0.29, 0.717) is 11.3 Å². The molecule has 9 heteroatoms. The molecule has 2 heterocycles. The van der Waals surface area contributed by atoms with Crippen LogP contribution in [0.1, 0.15) is 39.4 Å². The van der Waals surface area contributed by atoms with Crippen LogP contribution in [0.5, 0.6) is 0 Å². The molecule has 0 amide bonds. The number of piperazine rings is 1. The molecule has 0 bridgehead atoms. The van der Waals surface area contributed by atoms with E-state index in [1.165, 1.54) is 18.9 Å². The summed E-state index contributed by atoms with van der Waals surface area (Å²) < 4.78 is 32.6. The molecule has 1 aromatic heterocycles. The van der Waals surface area contributed by atoms with Crippen LogP contribution in [-0.2, 0) is 27.8 Å². The fraction of sp³-hybridized carbons (Fsp3) is 0.429. The Balaban J connectivity index is 1.57. The number of nitrogens with one attached hydrogen (secondary N) is 2. The number of nitrogens with zero attached hydrogens (tertiary/aromatic N) is 2. The zero-order valence-electron chi connectivity index (χ0n) is 17.3. The van der Waals surface area contributed by atoms with Crippen molar-refractivity contribution in [2.45, 2.75) is 25.3 Å². The first-order chi connectivity index (χ1) is 14.4. The van der Waals surface area contributed by atoms with Crippen LogP contribution in [-0.4, -0.2) is 57.6 Å². The maximum atomic E-state index is 12.7. The number of pyridine rings is 1. The van der Waals surface area contributed by atoms with Crippen LogP contribution in [0.25, 0.3) is 0 Å². The number of sulfonamides is 1. The molecule has 1 aliphatic rings. The van der Waals surface area contributed by atoms with E-state index in [2.05, 4.69) is 24.7 Å². The van der Waals surface area contributed by atoms with Crippen LogP contribution in [0.3, 0.4) is 0 Å². The Morgan fingerprint density at radius 1 is 1.20 bits per heavy atom. The summed E-state index contributed by atoms with van der Waals surface area (Å²) in [6.07, 6.45) is 1.37. The molecule has 162 valence electrons. The second-order valence-electron chi connectivity index (χ2n) is 7.31. The molecule has 2 N–H and O–H groups in total. The molecule has 0 aliphatic carbocycles. The normalized spacial score (nSPS) is 16.2. The highest BCUT2D eigenvalue weighted by Gasteiger charge is 2.22. The molecule has 1 atom stereocenters. The number of ether oxygens (including phenoxy) is 1. The molecular weight excluding hydrogens is 404 g/mol. The zero-order valence-corrected chi connectivity index (χ0v) is 18.1. The van der Waals surface area contributed by atoms with E-state index in [0.717, 1.165) is 38.3 Å². The lowest BCUT2D eigenvalue weighted by molar-refractivity contribution is 0.0600. The summed E-state index contributed by atoms with van der Waals surface area (Å²) in [6.45, 7) is 6.63. The minimum Gasteiger partial charge on any atom is -0.465 e. The van der Waals surface area contributed by atoms with Crippen molar-refractivity contribution in [3.8, 4) is 0 Å². The predicted molar refractivity (Wildman–Crippen MR) is 114 cm³/mol. The number of rotatable bonds is 8. The highest BCUT2D eigenvalue weighted by atomic mass is 32.2. The Morgan fingerprint density at radius 2 is 1.90 bits per heavy atom. The van der Waals surface area contributed by atoms with Gasteiger partial charge in [0, 0.05) is 38.9 Å². The van der Waals surface area contributed by atoms with Gasteiger partial charge in [0.2, 0.25) is 10.0 Å². The third kappa shape index (κ3) is 5.85. The highest BCUT2D eigenvalue weighted by molar-refractivity contribution is 7.89. The van der Waals surface area contributed by atoms with Crippen molar-refractivity contribution < 1.29 is 17.9 Å². The van der Waals surface area contributed by atoms with Gasteiger partial charge in [-0.3, -0.25) is 9.88 Å². The summed E-state index contributed by atoms with van der Waals surface area (Å²) in [5, 5.41) is 2.64. The van der Waals surface area contributed by atoms with Crippen LogP contribution in [0.4, 0.5) is 0 Å². The topological polar surface area (TPSA) is 101 Å². The maximum Gasteiger partial charge on any atom is 0.339 e. The molecule has 1 unspecified atom stereocenters. The van der Waals surface area contributed by atoms with E-state index in [9.17, 15) is 13.2 Å². The van der Waals surface area contributed by atoms with Gasteiger partial charge in [-0.15, -0.1) is 0 Å². The minimum absolute atomic E-state index is 0.0508. The van der Waals surface area contributed by atoms with Gasteiger partial charge < -0.3 is 10.1 Å². The Kier molecular flexibility index (Phi) is 7.54. The van der Waals surface area contributed by atoms with Gasteiger partial charge >= 0.3 is 5.97 Å². The molecule has 30 heavy (non-hydrogen) atoms. The third-order valence-corrected chi connectivity index (χ3v) is 6.98. The monoisotopic (exact) mass is 432 g/mol. The molecule has 1 aliphatic heterocycles. The van der Waals surface area contributed by atoms with Gasteiger partial charge in [-0.1, -0.05) is 24.3 Å². The van der Waals surface area contributed by atoms with Gasteiger partial charge in [-0.25, -0.2) is 17.9 Å². The Labute approximate surface area is 177 Å². The van der Waals surface area contributed by atoms with Crippen LogP contribution >= 0.6 is 0 Å². The van der Waals surface area contributed by atoms with Crippen molar-refractivity contribution in [3.05, 3.63) is 65.0 Å². The summed E-state index contributed by atoms with van der Waals surface area (Å²) in [5.74, 6) is -0.483. The molecule has 3 rings (SSSR count). The molecule has 1 saturated heterocycles. The van der Waals surface area contributed by atoms with Crippen molar-refractivity contribution in [2.24, 2.45) is 0 Å². The Bertz CT molecular complexity index is 940. The Hall–Kier alpha value is -2.33. The summed E-state index contributed by atoms with van der Waals surface area (Å²) in [7, 11) is -2.29. The molecule has 8 nitrogen and oxygen atoms in total. The van der Waals surface area contributed by atoms with E-state index in [4.69, 9.17) is 0 Å². The number of hydrogen-bond acceptors (Lipinski definition) is 7. The molecular formula is C21H28N4O4S. The molecule has 2 aromatic rings. The van der Waals surface area contributed by atoms with Crippen molar-refractivity contribution in [1.29, 1.82) is 0 Å². The minimum atomic E-state index is -3.58. The van der Waals surface area contributed by atoms with Crippen LogP contribution in [0.2, 0.25) is 0 Å². The van der Waals surface area contributed by atoms with Gasteiger partial charge in [-0.05, 0) is 30.2 Å². The number of hydrogen-bond donors (Lipinski definition) is 2. The number of carbonyl (C=O) groups excluding carboxylic acids is 1. The van der Waals surface area contributed by atoms with Gasteiger partial charge in [-0.2, -0.15) is 0 Å². The largest absolute Gasteiger partial charge is 0.465 e. The van der Waals surface area contributed by atoms with Gasteiger partial charge in [0.05, 0.1) is 30.2 Å². The fourth-order valence-corrected chi connectivity index (χ4v) is 4.38. The van der Waals surface area contributed by atoms with Crippen molar-refractivity contribution in [1.82, 2.24) is 19.9 Å². The average Bonchev–Trinajstić information content (AvgIpc) is 2.78. The average molecular weight is 433 g/mol. The van der Waals surface area contributed by atoms with Gasteiger partial charge in [0.25, 0.3) is 0 Å². The smallest absolute Gasteiger partial charge is 0.339 e. The van der Waals surface area contributed by atoms with Crippen molar-refractivity contribution >= 4 is 16.0 Å². The first-order valence-corrected chi connectivity index (χ1v) is 11.5. The summed E-state index contributed by atoms with van der Waals surface area (Å²) in [4.78, 5) is 17.9. The van der Waals surface area contributed by atoms with E-state index in [1.807, 2.05) is 24.3 Å². The lowest BCUT2D eigenvalue weighted by Gasteiger charge is -2.27.